The van der Waals surface area contributed by atoms with Crippen molar-refractivity contribution in [2.24, 2.45) is 11.8 Å². The highest BCUT2D eigenvalue weighted by atomic mass is 35.5. The summed E-state index contributed by atoms with van der Waals surface area (Å²) in [6, 6.07) is 12.2. The normalized spacial score (nSPS) is 20.8. The Balaban J connectivity index is 1.76. The molecule has 0 unspecified atom stereocenters. The van der Waals surface area contributed by atoms with Crippen molar-refractivity contribution in [1.29, 1.82) is 0 Å². The summed E-state index contributed by atoms with van der Waals surface area (Å²) in [5, 5.41) is 2.05. The molecule has 1 saturated heterocycles. The highest BCUT2D eigenvalue weighted by Gasteiger charge is 2.52. The first kappa shape index (κ1) is 22.0. The van der Waals surface area contributed by atoms with Gasteiger partial charge in [0.1, 0.15) is 6.04 Å². The molecule has 1 aliphatic carbocycles. The van der Waals surface area contributed by atoms with Gasteiger partial charge in [-0.15, -0.1) is 0 Å². The van der Waals surface area contributed by atoms with Crippen LogP contribution in [0.3, 0.4) is 0 Å². The summed E-state index contributed by atoms with van der Waals surface area (Å²) in [5.41, 5.74) is 1.49. The van der Waals surface area contributed by atoms with Crippen LogP contribution in [-0.2, 0) is 9.59 Å². The molecule has 1 fully saturated rings. The Morgan fingerprint density at radius 2 is 1.53 bits per heavy atom. The summed E-state index contributed by atoms with van der Waals surface area (Å²) in [7, 11) is 0. The largest absolute Gasteiger partial charge is 0.292 e. The van der Waals surface area contributed by atoms with Gasteiger partial charge in [-0.05, 0) is 38.8 Å². The average molecular weight is 451 g/mol. The molecule has 0 saturated carbocycles. The summed E-state index contributed by atoms with van der Waals surface area (Å²) in [5.74, 6) is -3.04. The molecule has 1 aliphatic heterocycles. The van der Waals surface area contributed by atoms with E-state index in [2.05, 4.69) is 0 Å². The summed E-state index contributed by atoms with van der Waals surface area (Å²) in [4.78, 5) is 53.4. The first-order valence-electron chi connectivity index (χ1n) is 10.5. The van der Waals surface area contributed by atoms with Crippen LogP contribution in [0.15, 0.2) is 60.7 Å². The third kappa shape index (κ3) is 3.75. The number of allylic oxidation sites excluding steroid dienone is 2. The van der Waals surface area contributed by atoms with Gasteiger partial charge in [0.2, 0.25) is 0 Å². The summed E-state index contributed by atoms with van der Waals surface area (Å²) >= 11 is 6.25. The number of carbonyl (C=O) groups excluding carboxylic acids is 4. The molecule has 3 atom stereocenters. The minimum Gasteiger partial charge on any atom is -0.292 e. The Morgan fingerprint density at radius 3 is 2.09 bits per heavy atom. The molecule has 0 bridgehead atoms. The van der Waals surface area contributed by atoms with Crippen LogP contribution in [0.4, 0.5) is 0 Å². The van der Waals surface area contributed by atoms with Crippen LogP contribution in [-0.4, -0.2) is 39.6 Å². The molecular formula is C25H23ClN2O4. The zero-order valence-corrected chi connectivity index (χ0v) is 18.6. The zero-order valence-electron chi connectivity index (χ0n) is 17.8. The van der Waals surface area contributed by atoms with Gasteiger partial charge < -0.3 is 0 Å². The van der Waals surface area contributed by atoms with E-state index in [0.29, 0.717) is 18.4 Å². The van der Waals surface area contributed by atoms with Crippen molar-refractivity contribution in [3.05, 3.63) is 82.4 Å². The number of ketones is 1. The van der Waals surface area contributed by atoms with Crippen LogP contribution in [0.2, 0.25) is 5.02 Å². The fraction of sp³-hybridized carbons (Fsp3) is 0.280. The number of aryl methyl sites for hydroxylation is 1. The molecule has 4 rings (SSSR count). The van der Waals surface area contributed by atoms with Crippen molar-refractivity contribution in [2.75, 3.05) is 0 Å². The third-order valence-corrected chi connectivity index (χ3v) is 6.42. The van der Waals surface area contributed by atoms with Crippen LogP contribution >= 0.6 is 11.6 Å². The topological polar surface area (TPSA) is 74.8 Å². The fourth-order valence-corrected chi connectivity index (χ4v) is 4.48. The molecular weight excluding hydrogens is 428 g/mol. The Hall–Kier alpha value is -3.25. The fourth-order valence-electron chi connectivity index (χ4n) is 4.26. The highest BCUT2D eigenvalue weighted by Crippen LogP contribution is 2.37. The molecule has 0 spiro atoms. The number of hydrazine groups is 1. The zero-order chi connectivity index (χ0) is 23.0. The van der Waals surface area contributed by atoms with E-state index in [9.17, 15) is 19.2 Å². The number of halogens is 1. The number of benzene rings is 2. The predicted molar refractivity (Wildman–Crippen MR) is 120 cm³/mol. The van der Waals surface area contributed by atoms with Crippen LogP contribution in [0.5, 0.6) is 0 Å². The van der Waals surface area contributed by atoms with Crippen LogP contribution in [0.25, 0.3) is 0 Å². The molecule has 2 aromatic rings. The molecule has 32 heavy (non-hydrogen) atoms. The van der Waals surface area contributed by atoms with Crippen molar-refractivity contribution in [1.82, 2.24) is 10.0 Å². The number of imide groups is 1. The molecule has 0 aromatic heterocycles. The van der Waals surface area contributed by atoms with Crippen LogP contribution < -0.4 is 0 Å². The van der Waals surface area contributed by atoms with E-state index in [4.69, 9.17) is 11.6 Å². The van der Waals surface area contributed by atoms with Crippen molar-refractivity contribution in [2.45, 2.75) is 32.7 Å². The van der Waals surface area contributed by atoms with E-state index < -0.39 is 35.6 Å². The van der Waals surface area contributed by atoms with E-state index >= 15 is 0 Å². The van der Waals surface area contributed by atoms with Gasteiger partial charge in [0.05, 0.1) is 22.4 Å². The highest BCUT2D eigenvalue weighted by molar-refractivity contribution is 6.34. The molecule has 0 radical (unpaired) electrons. The van der Waals surface area contributed by atoms with Crippen molar-refractivity contribution in [3.8, 4) is 0 Å². The Morgan fingerprint density at radius 1 is 0.969 bits per heavy atom. The van der Waals surface area contributed by atoms with Crippen molar-refractivity contribution >= 4 is 35.1 Å². The monoisotopic (exact) mass is 450 g/mol. The maximum absolute atomic E-state index is 13.6. The summed E-state index contributed by atoms with van der Waals surface area (Å²) in [6.07, 6.45) is 4.61. The Bertz CT molecular complexity index is 1100. The van der Waals surface area contributed by atoms with Crippen molar-refractivity contribution in [3.63, 3.8) is 0 Å². The van der Waals surface area contributed by atoms with E-state index in [1.54, 1.807) is 42.5 Å². The lowest BCUT2D eigenvalue weighted by molar-refractivity contribution is -0.156. The lowest BCUT2D eigenvalue weighted by Gasteiger charge is -2.35. The number of fused-ring (bicyclic) bond motifs is 1. The number of rotatable bonds is 5. The van der Waals surface area contributed by atoms with Gasteiger partial charge in [-0.3, -0.25) is 19.2 Å². The van der Waals surface area contributed by atoms with Gasteiger partial charge in [0.15, 0.2) is 5.78 Å². The van der Waals surface area contributed by atoms with Crippen LogP contribution in [0, 0.1) is 18.8 Å². The second kappa shape index (κ2) is 8.71. The molecule has 164 valence electrons. The predicted octanol–water partition coefficient (Wildman–Crippen LogP) is 4.23. The summed E-state index contributed by atoms with van der Waals surface area (Å²) < 4.78 is 0. The van der Waals surface area contributed by atoms with E-state index in [-0.39, 0.29) is 16.4 Å². The average Bonchev–Trinajstić information content (AvgIpc) is 3.05. The lowest BCUT2D eigenvalue weighted by atomic mass is 9.85. The Kier molecular flexibility index (Phi) is 5.98. The van der Waals surface area contributed by atoms with E-state index in [0.717, 1.165) is 15.6 Å². The van der Waals surface area contributed by atoms with E-state index in [1.807, 2.05) is 19.1 Å². The number of carbonyl (C=O) groups is 4. The summed E-state index contributed by atoms with van der Waals surface area (Å²) in [6.45, 7) is 3.43. The molecule has 3 amide bonds. The molecule has 6 nitrogen and oxygen atoms in total. The second-order valence-electron chi connectivity index (χ2n) is 8.18. The number of nitrogens with zero attached hydrogens (tertiary/aromatic N) is 2. The smallest absolute Gasteiger partial charge is 0.275 e. The number of hydrogen-bond acceptors (Lipinski definition) is 4. The Labute approximate surface area is 191 Å². The maximum atomic E-state index is 13.6. The molecule has 0 N–H and O–H groups in total. The van der Waals surface area contributed by atoms with Crippen molar-refractivity contribution < 1.29 is 19.2 Å². The number of hydrogen-bond donors (Lipinski definition) is 0. The van der Waals surface area contributed by atoms with E-state index in [1.165, 1.54) is 13.0 Å². The molecule has 2 aliphatic rings. The SMILES string of the molecule is Cc1ccc(C(=O)[C@H](C)N(C(=O)c2ccccc2Cl)N2C(=O)[C@H]3CC=CC[C@@H]3C2=O)cc1. The van der Waals surface area contributed by atoms with Gasteiger partial charge in [0.25, 0.3) is 17.7 Å². The third-order valence-electron chi connectivity index (χ3n) is 6.09. The molecule has 2 aromatic carbocycles. The quantitative estimate of drug-likeness (QED) is 0.388. The van der Waals surface area contributed by atoms with Gasteiger partial charge in [-0.25, -0.2) is 5.01 Å². The van der Waals surface area contributed by atoms with Gasteiger partial charge in [0, 0.05) is 5.56 Å². The standard InChI is InChI=1S/C25H23ClN2O4/c1-15-11-13-17(14-12-15)22(29)16(2)27(25(32)20-9-5-6-10-21(20)26)28-23(30)18-7-3-4-8-19(18)24(28)31/h3-6,9-14,16,18-19H,7-8H2,1-2H3/t16-,18-,19-/m0/s1. The number of amides is 3. The first-order valence-corrected chi connectivity index (χ1v) is 10.9. The van der Waals surface area contributed by atoms with Crippen LogP contribution in [0.1, 0.15) is 46.0 Å². The minimum absolute atomic E-state index is 0.117. The molecule has 7 heteroatoms. The maximum Gasteiger partial charge on any atom is 0.275 e. The molecule has 1 heterocycles. The van der Waals surface area contributed by atoms with Gasteiger partial charge in [-0.2, -0.15) is 5.01 Å². The lowest BCUT2D eigenvalue weighted by Crippen LogP contribution is -2.56. The van der Waals surface area contributed by atoms with Gasteiger partial charge >= 0.3 is 0 Å². The van der Waals surface area contributed by atoms with Gasteiger partial charge in [-0.1, -0.05) is 65.7 Å². The number of Topliss-reactive ketones (excluding diaryl/α,β-unsaturated/α-hetero) is 1. The minimum atomic E-state index is -1.09. The first-order chi connectivity index (χ1) is 15.3. The second-order valence-corrected chi connectivity index (χ2v) is 8.59.